The molecule has 1 rings (SSSR count). The highest BCUT2D eigenvalue weighted by Gasteiger charge is 2.27. The largest absolute Gasteiger partial charge is 0.478 e. The molecule has 16 heavy (non-hydrogen) atoms. The van der Waals surface area contributed by atoms with Crippen LogP contribution in [0.5, 0.6) is 0 Å². The summed E-state index contributed by atoms with van der Waals surface area (Å²) < 4.78 is 5.51. The van der Waals surface area contributed by atoms with Crippen molar-refractivity contribution in [2.45, 2.75) is 39.5 Å². The summed E-state index contributed by atoms with van der Waals surface area (Å²) >= 11 is 0. The second-order valence-corrected chi connectivity index (χ2v) is 4.35. The van der Waals surface area contributed by atoms with Gasteiger partial charge in [-0.2, -0.15) is 0 Å². The van der Waals surface area contributed by atoms with E-state index >= 15 is 0 Å². The molecule has 1 aromatic rings. The predicted octanol–water partition coefficient (Wildman–Crippen LogP) is 3.04. The van der Waals surface area contributed by atoms with Crippen LogP contribution in [0, 0.1) is 0 Å². The van der Waals surface area contributed by atoms with Crippen LogP contribution in [-0.4, -0.2) is 17.4 Å². The lowest BCUT2D eigenvalue weighted by Gasteiger charge is -2.02. The summed E-state index contributed by atoms with van der Waals surface area (Å²) in [6.07, 6.45) is 0.564. The molecule has 0 atom stereocenters. The third kappa shape index (κ3) is 2.01. The van der Waals surface area contributed by atoms with E-state index in [-0.39, 0.29) is 23.0 Å². The Hall–Kier alpha value is -1.58. The lowest BCUT2D eigenvalue weighted by atomic mass is 10.0. The molecular formula is C12H16O4. The second-order valence-electron chi connectivity index (χ2n) is 4.35. The molecule has 0 aliphatic rings. The van der Waals surface area contributed by atoms with Crippen LogP contribution in [0.2, 0.25) is 0 Å². The summed E-state index contributed by atoms with van der Waals surface area (Å²) in [5, 5.41) is 9.10. The number of carboxylic acid groups (broad SMARTS) is 1. The van der Waals surface area contributed by atoms with Gasteiger partial charge < -0.3 is 9.52 Å². The van der Waals surface area contributed by atoms with Crippen molar-refractivity contribution in [3.05, 3.63) is 22.6 Å². The van der Waals surface area contributed by atoms with Gasteiger partial charge in [-0.15, -0.1) is 0 Å². The minimum atomic E-state index is -1.11. The number of hydrogen-bond donors (Lipinski definition) is 1. The number of carbonyl (C=O) groups is 2. The smallest absolute Gasteiger partial charge is 0.340 e. The number of aldehydes is 1. The Kier molecular flexibility index (Phi) is 3.52. The van der Waals surface area contributed by atoms with Gasteiger partial charge in [0, 0.05) is 11.8 Å². The molecule has 88 valence electrons. The summed E-state index contributed by atoms with van der Waals surface area (Å²) in [7, 11) is 0. The SMILES string of the molecule is CC(C)c1oc(C(C)C)c(C(=O)O)c1C=O. The molecular weight excluding hydrogens is 208 g/mol. The maximum absolute atomic E-state index is 11.1. The molecule has 0 bridgehead atoms. The Labute approximate surface area is 94.3 Å². The lowest BCUT2D eigenvalue weighted by Crippen LogP contribution is -2.04. The number of furan rings is 1. The van der Waals surface area contributed by atoms with Gasteiger partial charge in [0.15, 0.2) is 6.29 Å². The Balaban J connectivity index is 3.52. The molecule has 0 amide bonds. The quantitative estimate of drug-likeness (QED) is 0.798. The van der Waals surface area contributed by atoms with Gasteiger partial charge in [0.25, 0.3) is 0 Å². The second kappa shape index (κ2) is 4.51. The van der Waals surface area contributed by atoms with Gasteiger partial charge in [0.05, 0.1) is 5.56 Å². The minimum absolute atomic E-state index is 0.00806. The summed E-state index contributed by atoms with van der Waals surface area (Å²) in [5.74, 6) is -0.348. The first-order valence-electron chi connectivity index (χ1n) is 5.25. The molecule has 0 aliphatic carbocycles. The molecule has 4 nitrogen and oxygen atoms in total. The van der Waals surface area contributed by atoms with Gasteiger partial charge in [-0.1, -0.05) is 27.7 Å². The van der Waals surface area contributed by atoms with Crippen LogP contribution in [-0.2, 0) is 0 Å². The lowest BCUT2D eigenvalue weighted by molar-refractivity contribution is 0.0691. The third-order valence-corrected chi connectivity index (χ3v) is 2.38. The Morgan fingerprint density at radius 3 is 2.00 bits per heavy atom. The van der Waals surface area contributed by atoms with Crippen LogP contribution >= 0.6 is 0 Å². The molecule has 0 unspecified atom stereocenters. The summed E-state index contributed by atoms with van der Waals surface area (Å²) in [6, 6.07) is 0. The molecule has 0 saturated heterocycles. The predicted molar refractivity (Wildman–Crippen MR) is 59.2 cm³/mol. The third-order valence-electron chi connectivity index (χ3n) is 2.38. The maximum atomic E-state index is 11.1. The van der Waals surface area contributed by atoms with Crippen molar-refractivity contribution < 1.29 is 19.1 Å². The van der Waals surface area contributed by atoms with Gasteiger partial charge in [0.1, 0.15) is 17.1 Å². The topological polar surface area (TPSA) is 67.5 Å². The summed E-state index contributed by atoms with van der Waals surface area (Å²) in [5.41, 5.74) is 0.180. The van der Waals surface area contributed by atoms with E-state index in [1.54, 1.807) is 0 Å². The molecule has 1 aromatic heterocycles. The van der Waals surface area contributed by atoms with Crippen molar-refractivity contribution in [3.63, 3.8) is 0 Å². The van der Waals surface area contributed by atoms with E-state index in [4.69, 9.17) is 9.52 Å². The molecule has 0 fully saturated rings. The van der Waals surface area contributed by atoms with E-state index in [1.165, 1.54) is 0 Å². The molecule has 0 saturated carbocycles. The number of aromatic carboxylic acids is 1. The number of carbonyl (C=O) groups excluding carboxylic acids is 1. The van der Waals surface area contributed by atoms with Gasteiger partial charge in [-0.25, -0.2) is 4.79 Å². The van der Waals surface area contributed by atoms with E-state index in [0.29, 0.717) is 17.8 Å². The zero-order valence-corrected chi connectivity index (χ0v) is 9.90. The van der Waals surface area contributed by atoms with Crippen LogP contribution in [0.25, 0.3) is 0 Å². The first-order valence-corrected chi connectivity index (χ1v) is 5.25. The van der Waals surface area contributed by atoms with Crippen molar-refractivity contribution in [3.8, 4) is 0 Å². The zero-order chi connectivity index (χ0) is 12.5. The Morgan fingerprint density at radius 2 is 1.69 bits per heavy atom. The highest BCUT2D eigenvalue weighted by Crippen LogP contribution is 2.31. The van der Waals surface area contributed by atoms with Crippen LogP contribution in [0.15, 0.2) is 4.42 Å². The minimum Gasteiger partial charge on any atom is -0.478 e. The van der Waals surface area contributed by atoms with E-state index in [0.717, 1.165) is 0 Å². The fraction of sp³-hybridized carbons (Fsp3) is 0.500. The van der Waals surface area contributed by atoms with Gasteiger partial charge in [0.2, 0.25) is 0 Å². The normalized spacial score (nSPS) is 11.1. The monoisotopic (exact) mass is 224 g/mol. The molecule has 1 N–H and O–H groups in total. The molecule has 0 aromatic carbocycles. The Bertz CT molecular complexity index is 413. The highest BCUT2D eigenvalue weighted by atomic mass is 16.4. The Morgan fingerprint density at radius 1 is 1.19 bits per heavy atom. The molecule has 1 heterocycles. The van der Waals surface area contributed by atoms with Gasteiger partial charge in [-0.3, -0.25) is 4.79 Å². The highest BCUT2D eigenvalue weighted by molar-refractivity contribution is 5.99. The number of carboxylic acids is 1. The van der Waals surface area contributed by atoms with E-state index < -0.39 is 5.97 Å². The van der Waals surface area contributed by atoms with Crippen molar-refractivity contribution in [1.82, 2.24) is 0 Å². The van der Waals surface area contributed by atoms with Crippen LogP contribution in [0.3, 0.4) is 0 Å². The van der Waals surface area contributed by atoms with E-state index in [9.17, 15) is 9.59 Å². The van der Waals surface area contributed by atoms with Crippen molar-refractivity contribution in [2.24, 2.45) is 0 Å². The fourth-order valence-corrected chi connectivity index (χ4v) is 1.65. The van der Waals surface area contributed by atoms with Crippen LogP contribution in [0.4, 0.5) is 0 Å². The maximum Gasteiger partial charge on any atom is 0.340 e. The molecule has 0 radical (unpaired) electrons. The first kappa shape index (κ1) is 12.5. The van der Waals surface area contributed by atoms with E-state index in [1.807, 2.05) is 27.7 Å². The standard InChI is InChI=1S/C12H16O4/c1-6(2)10-8(5-13)9(12(14)15)11(16-10)7(3)4/h5-7H,1-4H3,(H,14,15). The fourth-order valence-electron chi connectivity index (χ4n) is 1.65. The average Bonchev–Trinajstić information content (AvgIpc) is 2.56. The number of hydrogen-bond acceptors (Lipinski definition) is 3. The molecule has 0 aliphatic heterocycles. The van der Waals surface area contributed by atoms with Crippen molar-refractivity contribution in [2.75, 3.05) is 0 Å². The number of rotatable bonds is 4. The van der Waals surface area contributed by atoms with Crippen molar-refractivity contribution >= 4 is 12.3 Å². The van der Waals surface area contributed by atoms with Gasteiger partial charge in [-0.05, 0) is 0 Å². The first-order chi connectivity index (χ1) is 7.40. The average molecular weight is 224 g/mol. The summed E-state index contributed by atoms with van der Waals surface area (Å²) in [6.45, 7) is 7.40. The summed E-state index contributed by atoms with van der Waals surface area (Å²) in [4.78, 5) is 22.1. The zero-order valence-electron chi connectivity index (χ0n) is 9.90. The van der Waals surface area contributed by atoms with Crippen molar-refractivity contribution in [1.29, 1.82) is 0 Å². The van der Waals surface area contributed by atoms with E-state index in [2.05, 4.69) is 0 Å². The van der Waals surface area contributed by atoms with Gasteiger partial charge >= 0.3 is 5.97 Å². The molecule has 0 spiro atoms. The molecule has 4 heteroatoms. The van der Waals surface area contributed by atoms with Crippen LogP contribution in [0.1, 0.15) is 71.8 Å². The van der Waals surface area contributed by atoms with Crippen LogP contribution < -0.4 is 0 Å².